The summed E-state index contributed by atoms with van der Waals surface area (Å²) in [6, 6.07) is 9.71. The summed E-state index contributed by atoms with van der Waals surface area (Å²) >= 11 is 6.66. The molecule has 0 radical (unpaired) electrons. The second-order valence-corrected chi connectivity index (χ2v) is 5.64. The number of benzene rings is 1. The molecular formula is C13H11ClN2O3S. The molecule has 1 amide bonds. The van der Waals surface area contributed by atoms with Gasteiger partial charge in [0.1, 0.15) is 0 Å². The second kappa shape index (κ2) is 6.02. The van der Waals surface area contributed by atoms with E-state index in [9.17, 15) is 14.9 Å². The van der Waals surface area contributed by atoms with Gasteiger partial charge in [-0.05, 0) is 30.7 Å². The SMILES string of the molecule is CC(NC(=O)c1ccc([N+](=O)[O-])s1)c1ccc(Cl)cc1. The van der Waals surface area contributed by atoms with E-state index in [0.717, 1.165) is 16.9 Å². The van der Waals surface area contributed by atoms with Crippen molar-refractivity contribution in [2.24, 2.45) is 0 Å². The van der Waals surface area contributed by atoms with Crippen LogP contribution >= 0.6 is 22.9 Å². The molecule has 104 valence electrons. The van der Waals surface area contributed by atoms with Gasteiger partial charge < -0.3 is 5.32 Å². The first-order valence-corrected chi connectivity index (χ1v) is 6.97. The average molecular weight is 311 g/mol. The first-order chi connectivity index (χ1) is 9.47. The predicted molar refractivity (Wildman–Crippen MR) is 78.3 cm³/mol. The van der Waals surface area contributed by atoms with Gasteiger partial charge in [0.15, 0.2) is 0 Å². The Morgan fingerprint density at radius 3 is 2.50 bits per heavy atom. The summed E-state index contributed by atoms with van der Waals surface area (Å²) in [6.45, 7) is 1.84. The number of rotatable bonds is 4. The first kappa shape index (κ1) is 14.5. The lowest BCUT2D eigenvalue weighted by atomic mass is 10.1. The second-order valence-electron chi connectivity index (χ2n) is 4.14. The van der Waals surface area contributed by atoms with E-state index >= 15 is 0 Å². The quantitative estimate of drug-likeness (QED) is 0.689. The standard InChI is InChI=1S/C13H11ClN2O3S/c1-8(9-2-4-10(14)5-3-9)15-13(17)11-6-7-12(20-11)16(18)19/h2-8H,1H3,(H,15,17). The molecule has 20 heavy (non-hydrogen) atoms. The summed E-state index contributed by atoms with van der Waals surface area (Å²) in [6.07, 6.45) is 0. The summed E-state index contributed by atoms with van der Waals surface area (Å²) in [4.78, 5) is 22.4. The molecule has 2 aromatic rings. The highest BCUT2D eigenvalue weighted by Gasteiger charge is 2.17. The van der Waals surface area contributed by atoms with E-state index in [1.54, 1.807) is 12.1 Å². The highest BCUT2D eigenvalue weighted by molar-refractivity contribution is 7.17. The Kier molecular flexibility index (Phi) is 4.36. The van der Waals surface area contributed by atoms with Gasteiger partial charge in [-0.25, -0.2) is 0 Å². The molecule has 0 aliphatic carbocycles. The Hall–Kier alpha value is -1.92. The van der Waals surface area contributed by atoms with Crippen molar-refractivity contribution in [3.8, 4) is 0 Å². The molecule has 0 bridgehead atoms. The molecule has 0 aliphatic heterocycles. The largest absolute Gasteiger partial charge is 0.345 e. The molecule has 5 nitrogen and oxygen atoms in total. The molecule has 0 spiro atoms. The van der Waals surface area contributed by atoms with Gasteiger partial charge in [-0.2, -0.15) is 0 Å². The van der Waals surface area contributed by atoms with E-state index in [1.165, 1.54) is 12.1 Å². The minimum atomic E-state index is -0.510. The Morgan fingerprint density at radius 2 is 1.95 bits per heavy atom. The van der Waals surface area contributed by atoms with Gasteiger partial charge >= 0.3 is 5.00 Å². The van der Waals surface area contributed by atoms with Crippen molar-refractivity contribution in [3.63, 3.8) is 0 Å². The van der Waals surface area contributed by atoms with Crippen molar-refractivity contribution in [2.75, 3.05) is 0 Å². The van der Waals surface area contributed by atoms with Crippen molar-refractivity contribution >= 4 is 33.8 Å². The van der Waals surface area contributed by atoms with Crippen LogP contribution in [-0.4, -0.2) is 10.8 Å². The maximum Gasteiger partial charge on any atom is 0.324 e. The Bertz CT molecular complexity index is 639. The molecular weight excluding hydrogens is 300 g/mol. The van der Waals surface area contributed by atoms with E-state index in [0.29, 0.717) is 9.90 Å². The topological polar surface area (TPSA) is 72.2 Å². The number of thiophene rings is 1. The van der Waals surface area contributed by atoms with Crippen LogP contribution in [0.5, 0.6) is 0 Å². The van der Waals surface area contributed by atoms with Gasteiger partial charge in [0.05, 0.1) is 15.8 Å². The van der Waals surface area contributed by atoms with Crippen LogP contribution in [0.1, 0.15) is 28.2 Å². The van der Waals surface area contributed by atoms with Crippen LogP contribution in [0.4, 0.5) is 5.00 Å². The van der Waals surface area contributed by atoms with Crippen LogP contribution in [0.3, 0.4) is 0 Å². The Labute approximate surface area is 124 Å². The third-order valence-electron chi connectivity index (χ3n) is 2.71. The summed E-state index contributed by atoms with van der Waals surface area (Å²) < 4.78 is 0. The summed E-state index contributed by atoms with van der Waals surface area (Å²) in [5, 5.41) is 14.0. The van der Waals surface area contributed by atoms with E-state index in [2.05, 4.69) is 5.32 Å². The fourth-order valence-corrected chi connectivity index (χ4v) is 2.50. The van der Waals surface area contributed by atoms with E-state index in [-0.39, 0.29) is 17.0 Å². The van der Waals surface area contributed by atoms with Crippen LogP contribution in [-0.2, 0) is 0 Å². The fraction of sp³-hybridized carbons (Fsp3) is 0.154. The zero-order valence-electron chi connectivity index (χ0n) is 10.5. The molecule has 7 heteroatoms. The number of nitrogens with zero attached hydrogens (tertiary/aromatic N) is 1. The number of nitro groups is 1. The van der Waals surface area contributed by atoms with Gasteiger partial charge in [-0.15, -0.1) is 0 Å². The van der Waals surface area contributed by atoms with E-state index in [1.807, 2.05) is 19.1 Å². The van der Waals surface area contributed by atoms with Crippen molar-refractivity contribution in [1.29, 1.82) is 0 Å². The minimum absolute atomic E-state index is 0.0469. The molecule has 0 fully saturated rings. The average Bonchev–Trinajstić information content (AvgIpc) is 2.89. The number of amides is 1. The maximum absolute atomic E-state index is 12.0. The van der Waals surface area contributed by atoms with Crippen LogP contribution in [0, 0.1) is 10.1 Å². The monoisotopic (exact) mass is 310 g/mol. The minimum Gasteiger partial charge on any atom is -0.345 e. The number of hydrogen-bond donors (Lipinski definition) is 1. The lowest BCUT2D eigenvalue weighted by Crippen LogP contribution is -2.25. The third kappa shape index (κ3) is 3.34. The lowest BCUT2D eigenvalue weighted by Gasteiger charge is -2.13. The zero-order chi connectivity index (χ0) is 14.7. The number of carbonyl (C=O) groups excluding carboxylic acids is 1. The van der Waals surface area contributed by atoms with Gasteiger partial charge in [-0.1, -0.05) is 35.1 Å². The summed E-state index contributed by atoms with van der Waals surface area (Å²) in [7, 11) is 0. The van der Waals surface area contributed by atoms with E-state index in [4.69, 9.17) is 11.6 Å². The normalized spacial score (nSPS) is 11.9. The molecule has 0 saturated carbocycles. The summed E-state index contributed by atoms with van der Waals surface area (Å²) in [5.74, 6) is -0.328. The summed E-state index contributed by atoms with van der Waals surface area (Å²) in [5.41, 5.74) is 0.911. The molecule has 1 aromatic heterocycles. The van der Waals surface area contributed by atoms with Crippen LogP contribution < -0.4 is 5.32 Å². The third-order valence-corrected chi connectivity index (χ3v) is 4.00. The lowest BCUT2D eigenvalue weighted by molar-refractivity contribution is -0.380. The molecule has 1 N–H and O–H groups in total. The van der Waals surface area contributed by atoms with Crippen molar-refractivity contribution < 1.29 is 9.72 Å². The first-order valence-electron chi connectivity index (χ1n) is 5.78. The number of hydrogen-bond acceptors (Lipinski definition) is 4. The highest BCUT2D eigenvalue weighted by Crippen LogP contribution is 2.24. The number of nitrogens with one attached hydrogen (secondary N) is 1. The molecule has 1 unspecified atom stereocenters. The van der Waals surface area contributed by atoms with Crippen molar-refractivity contribution in [3.05, 3.63) is 62.0 Å². The molecule has 1 heterocycles. The van der Waals surface area contributed by atoms with E-state index < -0.39 is 4.92 Å². The van der Waals surface area contributed by atoms with Gasteiger partial charge in [-0.3, -0.25) is 14.9 Å². The van der Waals surface area contributed by atoms with Gasteiger partial charge in [0.2, 0.25) is 0 Å². The smallest absolute Gasteiger partial charge is 0.324 e. The number of carbonyl (C=O) groups is 1. The molecule has 1 atom stereocenters. The zero-order valence-corrected chi connectivity index (χ0v) is 12.1. The Balaban J connectivity index is 2.06. The molecule has 1 aromatic carbocycles. The van der Waals surface area contributed by atoms with Gasteiger partial charge in [0.25, 0.3) is 5.91 Å². The molecule has 0 aliphatic rings. The van der Waals surface area contributed by atoms with Crippen LogP contribution in [0.2, 0.25) is 5.02 Å². The van der Waals surface area contributed by atoms with Crippen molar-refractivity contribution in [1.82, 2.24) is 5.32 Å². The van der Waals surface area contributed by atoms with Gasteiger partial charge in [0, 0.05) is 11.1 Å². The molecule has 2 rings (SSSR count). The van der Waals surface area contributed by atoms with Crippen LogP contribution in [0.15, 0.2) is 36.4 Å². The van der Waals surface area contributed by atoms with Crippen LogP contribution in [0.25, 0.3) is 0 Å². The maximum atomic E-state index is 12.0. The number of halogens is 1. The predicted octanol–water partition coefficient (Wildman–Crippen LogP) is 3.80. The fourth-order valence-electron chi connectivity index (χ4n) is 1.65. The molecule has 0 saturated heterocycles. The van der Waals surface area contributed by atoms with Crippen molar-refractivity contribution in [2.45, 2.75) is 13.0 Å². The highest BCUT2D eigenvalue weighted by atomic mass is 35.5. The Morgan fingerprint density at radius 1 is 1.30 bits per heavy atom.